The van der Waals surface area contributed by atoms with Gasteiger partial charge in [-0.15, -0.1) is 0 Å². The van der Waals surface area contributed by atoms with Gasteiger partial charge in [-0.3, -0.25) is 4.79 Å². The van der Waals surface area contributed by atoms with Gasteiger partial charge in [-0.1, -0.05) is 22.0 Å². The minimum absolute atomic E-state index is 0.0615. The molecule has 3 aliphatic heterocycles. The van der Waals surface area contributed by atoms with Gasteiger partial charge in [0.2, 0.25) is 6.41 Å². The van der Waals surface area contributed by atoms with Gasteiger partial charge in [0.05, 0.1) is 25.2 Å². The summed E-state index contributed by atoms with van der Waals surface area (Å²) in [6.45, 7) is 3.82. The second kappa shape index (κ2) is 5.96. The molecule has 0 aromatic heterocycles. The minimum atomic E-state index is -0.724. The van der Waals surface area contributed by atoms with Crippen molar-refractivity contribution in [3.8, 4) is 11.5 Å². The Morgan fingerprint density at radius 2 is 2.26 bits per heavy atom. The molecule has 4 aliphatic rings. The summed E-state index contributed by atoms with van der Waals surface area (Å²) in [4.78, 5) is 13.4. The van der Waals surface area contributed by atoms with E-state index in [4.69, 9.17) is 18.9 Å². The van der Waals surface area contributed by atoms with Crippen LogP contribution in [0.25, 0.3) is 0 Å². The van der Waals surface area contributed by atoms with Crippen molar-refractivity contribution in [3.63, 3.8) is 0 Å². The molecule has 2 spiro atoms. The lowest BCUT2D eigenvalue weighted by atomic mass is 9.68. The Hall–Kier alpha value is -1.57. The second-order valence-corrected chi connectivity index (χ2v) is 8.66. The standard InChI is InChI=1S/C20H22BrNO5/c1-12-10-25-20(27-12)4-3-19-5-6-22(11-23)9-13-14(21)7-15(24-2)18(17(13)19)26-16(19)8-20/h3-4,7,11-12,16H,5-6,8-10H2,1-2H3/t12-,16?,19?,20?/m0/s1. The van der Waals surface area contributed by atoms with Crippen LogP contribution in [0.5, 0.6) is 11.5 Å². The van der Waals surface area contributed by atoms with E-state index in [0.29, 0.717) is 31.9 Å². The van der Waals surface area contributed by atoms with E-state index < -0.39 is 5.79 Å². The lowest BCUT2D eigenvalue weighted by molar-refractivity contribution is -0.154. The van der Waals surface area contributed by atoms with Gasteiger partial charge >= 0.3 is 0 Å². The molecule has 1 saturated heterocycles. The molecule has 1 aromatic rings. The van der Waals surface area contributed by atoms with Crippen molar-refractivity contribution in [1.82, 2.24) is 4.90 Å². The van der Waals surface area contributed by atoms with Crippen LogP contribution in [0, 0.1) is 0 Å². The molecule has 27 heavy (non-hydrogen) atoms. The highest BCUT2D eigenvalue weighted by Gasteiger charge is 2.58. The number of halogens is 1. The summed E-state index contributed by atoms with van der Waals surface area (Å²) in [5.74, 6) is 0.762. The highest BCUT2D eigenvalue weighted by atomic mass is 79.9. The van der Waals surface area contributed by atoms with Crippen molar-refractivity contribution in [2.45, 2.75) is 49.7 Å². The van der Waals surface area contributed by atoms with Crippen LogP contribution in [0.15, 0.2) is 22.7 Å². The number of carbonyl (C=O) groups is 1. The van der Waals surface area contributed by atoms with Crippen LogP contribution >= 0.6 is 15.9 Å². The molecular formula is C20H22BrNO5. The van der Waals surface area contributed by atoms with Crippen molar-refractivity contribution in [2.24, 2.45) is 0 Å². The van der Waals surface area contributed by atoms with E-state index in [-0.39, 0.29) is 17.6 Å². The van der Waals surface area contributed by atoms with Crippen LogP contribution in [0.3, 0.4) is 0 Å². The van der Waals surface area contributed by atoms with Crippen LogP contribution in [-0.4, -0.2) is 49.6 Å². The summed E-state index contributed by atoms with van der Waals surface area (Å²) in [6, 6.07) is 1.93. The number of hydrogen-bond acceptors (Lipinski definition) is 5. The highest BCUT2D eigenvalue weighted by Crippen LogP contribution is 2.58. The lowest BCUT2D eigenvalue weighted by Crippen LogP contribution is -2.48. The fourth-order valence-electron chi connectivity index (χ4n) is 4.92. The van der Waals surface area contributed by atoms with Gasteiger partial charge in [0, 0.05) is 29.5 Å². The van der Waals surface area contributed by atoms with E-state index in [1.165, 1.54) is 0 Å². The molecule has 144 valence electrons. The molecule has 0 saturated carbocycles. The molecule has 4 atom stereocenters. The molecule has 1 amide bonds. The summed E-state index contributed by atoms with van der Waals surface area (Å²) in [7, 11) is 1.65. The zero-order chi connectivity index (χ0) is 18.8. The van der Waals surface area contributed by atoms with Gasteiger partial charge in [-0.05, 0) is 31.1 Å². The molecule has 0 bridgehead atoms. The maximum atomic E-state index is 11.6. The minimum Gasteiger partial charge on any atom is -0.493 e. The Labute approximate surface area is 166 Å². The Morgan fingerprint density at radius 1 is 1.41 bits per heavy atom. The Morgan fingerprint density at radius 3 is 2.96 bits per heavy atom. The number of hydrogen-bond donors (Lipinski definition) is 0. The molecular weight excluding hydrogens is 414 g/mol. The summed E-state index contributed by atoms with van der Waals surface area (Å²) in [5.41, 5.74) is 1.89. The molecule has 1 aromatic carbocycles. The molecule has 7 heteroatoms. The first kappa shape index (κ1) is 17.5. The molecule has 3 unspecified atom stereocenters. The number of nitrogens with zero attached hydrogens (tertiary/aromatic N) is 1. The van der Waals surface area contributed by atoms with Crippen molar-refractivity contribution in [3.05, 3.63) is 33.8 Å². The molecule has 0 N–H and O–H groups in total. The summed E-state index contributed by atoms with van der Waals surface area (Å²) >= 11 is 3.68. The van der Waals surface area contributed by atoms with Gasteiger partial charge in [0.25, 0.3) is 0 Å². The van der Waals surface area contributed by atoms with Gasteiger partial charge < -0.3 is 23.8 Å². The maximum absolute atomic E-state index is 11.6. The van der Waals surface area contributed by atoms with Crippen LogP contribution < -0.4 is 9.47 Å². The number of methoxy groups -OCH3 is 1. The zero-order valence-electron chi connectivity index (χ0n) is 15.4. The number of carbonyl (C=O) groups excluding carboxylic acids is 1. The third-order valence-electron chi connectivity index (χ3n) is 6.21. The van der Waals surface area contributed by atoms with Gasteiger partial charge in [-0.2, -0.15) is 0 Å². The molecule has 1 fully saturated rings. The summed E-state index contributed by atoms with van der Waals surface area (Å²) in [6.07, 6.45) is 6.51. The van der Waals surface area contributed by atoms with Crippen molar-refractivity contribution in [1.29, 1.82) is 0 Å². The quantitative estimate of drug-likeness (QED) is 0.527. The molecule has 6 nitrogen and oxygen atoms in total. The largest absolute Gasteiger partial charge is 0.493 e. The average Bonchev–Trinajstić information content (AvgIpc) is 3.12. The van der Waals surface area contributed by atoms with E-state index >= 15 is 0 Å². The SMILES string of the molecule is COc1cc(Br)c2c3c1OC1CC4(C=CC31CCN(C=O)C2)OC[C@H](C)O4. The van der Waals surface area contributed by atoms with Crippen LogP contribution in [0.2, 0.25) is 0 Å². The molecule has 0 radical (unpaired) electrons. The van der Waals surface area contributed by atoms with Crippen molar-refractivity contribution in [2.75, 3.05) is 20.3 Å². The monoisotopic (exact) mass is 435 g/mol. The summed E-state index contributed by atoms with van der Waals surface area (Å²) < 4.78 is 25.1. The third kappa shape index (κ3) is 2.41. The number of amides is 1. The average molecular weight is 436 g/mol. The summed E-state index contributed by atoms with van der Waals surface area (Å²) in [5, 5.41) is 0. The van der Waals surface area contributed by atoms with Crippen LogP contribution in [0.4, 0.5) is 0 Å². The second-order valence-electron chi connectivity index (χ2n) is 7.80. The topological polar surface area (TPSA) is 57.2 Å². The van der Waals surface area contributed by atoms with E-state index in [2.05, 4.69) is 28.1 Å². The van der Waals surface area contributed by atoms with E-state index in [0.717, 1.165) is 34.2 Å². The van der Waals surface area contributed by atoms with Crippen LogP contribution in [-0.2, 0) is 26.2 Å². The lowest BCUT2D eigenvalue weighted by Gasteiger charge is -2.40. The fourth-order valence-corrected chi connectivity index (χ4v) is 5.45. The third-order valence-corrected chi connectivity index (χ3v) is 6.92. The number of benzene rings is 1. The zero-order valence-corrected chi connectivity index (χ0v) is 17.0. The van der Waals surface area contributed by atoms with Gasteiger partial charge in [0.15, 0.2) is 17.3 Å². The first-order chi connectivity index (χ1) is 13.0. The van der Waals surface area contributed by atoms with E-state index in [1.54, 1.807) is 7.11 Å². The Bertz CT molecular complexity index is 842. The predicted octanol–water partition coefficient (Wildman–Crippen LogP) is 2.91. The predicted molar refractivity (Wildman–Crippen MR) is 101 cm³/mol. The van der Waals surface area contributed by atoms with E-state index in [9.17, 15) is 4.79 Å². The van der Waals surface area contributed by atoms with Gasteiger partial charge in [0.1, 0.15) is 6.10 Å². The van der Waals surface area contributed by atoms with Crippen molar-refractivity contribution < 1.29 is 23.7 Å². The number of ether oxygens (including phenoxy) is 4. The first-order valence-electron chi connectivity index (χ1n) is 9.28. The molecule has 5 rings (SSSR count). The smallest absolute Gasteiger partial charge is 0.210 e. The molecule has 3 heterocycles. The maximum Gasteiger partial charge on any atom is 0.210 e. The fraction of sp³-hybridized carbons (Fsp3) is 0.550. The highest BCUT2D eigenvalue weighted by molar-refractivity contribution is 9.10. The molecule has 1 aliphatic carbocycles. The van der Waals surface area contributed by atoms with Crippen LogP contribution in [0.1, 0.15) is 30.9 Å². The van der Waals surface area contributed by atoms with E-state index in [1.807, 2.05) is 17.9 Å². The van der Waals surface area contributed by atoms with Gasteiger partial charge in [-0.25, -0.2) is 0 Å². The number of rotatable bonds is 2. The first-order valence-corrected chi connectivity index (χ1v) is 10.1. The van der Waals surface area contributed by atoms with Crippen molar-refractivity contribution >= 4 is 22.3 Å². The Balaban J connectivity index is 1.68. The Kier molecular flexibility index (Phi) is 3.87. The normalized spacial score (nSPS) is 36.2.